The maximum absolute atomic E-state index is 13.4. The van der Waals surface area contributed by atoms with Gasteiger partial charge in [0.15, 0.2) is 0 Å². The summed E-state index contributed by atoms with van der Waals surface area (Å²) in [4.78, 5) is 2.39. The minimum atomic E-state index is -0.0846. The van der Waals surface area contributed by atoms with Gasteiger partial charge in [-0.3, -0.25) is 0 Å². The second-order valence-corrected chi connectivity index (χ2v) is 8.54. The van der Waals surface area contributed by atoms with Gasteiger partial charge in [0, 0.05) is 47.2 Å². The van der Waals surface area contributed by atoms with Crippen LogP contribution in [0, 0.1) is 11.8 Å². The van der Waals surface area contributed by atoms with Crippen LogP contribution in [0.5, 0.6) is 0 Å². The van der Waals surface area contributed by atoms with E-state index in [0.717, 1.165) is 31.0 Å². The standard InChI is InChI=1S/C22H24ClFN2/c1-25-11-10-22-19(13-25)18-12-15(23)4-8-21(18)26(22)20-9-7-17(20)14-2-5-16(24)6-3-14/h2,4-6,8,12,14,17,20H,3,7,9-11,13H2,1H3/t14?,17-,20-/m0/s1. The van der Waals surface area contributed by atoms with Crippen molar-refractivity contribution in [3.8, 4) is 0 Å². The van der Waals surface area contributed by atoms with Gasteiger partial charge in [0.1, 0.15) is 5.83 Å². The van der Waals surface area contributed by atoms with Crippen molar-refractivity contribution < 1.29 is 4.39 Å². The van der Waals surface area contributed by atoms with Crippen LogP contribution in [0.15, 0.2) is 42.3 Å². The first kappa shape index (κ1) is 16.6. The molecule has 4 heteroatoms. The van der Waals surface area contributed by atoms with Crippen molar-refractivity contribution in [1.82, 2.24) is 9.47 Å². The summed E-state index contributed by atoms with van der Waals surface area (Å²) >= 11 is 6.32. The van der Waals surface area contributed by atoms with Crippen molar-refractivity contribution >= 4 is 22.5 Å². The molecule has 0 spiro atoms. The van der Waals surface area contributed by atoms with Crippen LogP contribution in [-0.4, -0.2) is 23.1 Å². The molecule has 26 heavy (non-hydrogen) atoms. The first-order chi connectivity index (χ1) is 12.6. The van der Waals surface area contributed by atoms with Crippen molar-refractivity contribution in [2.75, 3.05) is 13.6 Å². The molecular formula is C22H24ClFN2. The number of nitrogens with zero attached hydrogens (tertiary/aromatic N) is 2. The highest BCUT2D eigenvalue weighted by molar-refractivity contribution is 6.31. The van der Waals surface area contributed by atoms with E-state index in [4.69, 9.17) is 11.6 Å². The zero-order chi connectivity index (χ0) is 17.8. The van der Waals surface area contributed by atoms with Gasteiger partial charge in [-0.15, -0.1) is 0 Å². The molecule has 136 valence electrons. The van der Waals surface area contributed by atoms with Gasteiger partial charge in [0.05, 0.1) is 0 Å². The van der Waals surface area contributed by atoms with E-state index in [1.54, 1.807) is 12.2 Å². The quantitative estimate of drug-likeness (QED) is 0.661. The van der Waals surface area contributed by atoms with Crippen molar-refractivity contribution in [3.05, 3.63) is 58.5 Å². The lowest BCUT2D eigenvalue weighted by atomic mass is 9.69. The molecule has 0 amide bonds. The lowest BCUT2D eigenvalue weighted by molar-refractivity contribution is 0.133. The van der Waals surface area contributed by atoms with Gasteiger partial charge in [-0.25, -0.2) is 4.39 Å². The maximum atomic E-state index is 13.4. The molecule has 2 aliphatic carbocycles. The maximum Gasteiger partial charge on any atom is 0.118 e. The Bertz CT molecular complexity index is 926. The molecule has 1 aliphatic heterocycles. The predicted octanol–water partition coefficient (Wildman–Crippen LogP) is 5.66. The number of hydrogen-bond acceptors (Lipinski definition) is 1. The SMILES string of the molecule is CN1CCc2c(c3cc(Cl)ccc3n2[C@H]2CC[C@H]2C2C=CC(F)=CC2)C1. The zero-order valence-corrected chi connectivity index (χ0v) is 15.8. The predicted molar refractivity (Wildman–Crippen MR) is 105 cm³/mol. The molecule has 0 saturated heterocycles. The molecule has 2 nitrogen and oxygen atoms in total. The van der Waals surface area contributed by atoms with Crippen LogP contribution in [0.4, 0.5) is 4.39 Å². The Kier molecular flexibility index (Phi) is 3.98. The van der Waals surface area contributed by atoms with Crippen molar-refractivity contribution in [2.24, 2.45) is 11.8 Å². The fourth-order valence-corrected chi connectivity index (χ4v) is 5.31. The van der Waals surface area contributed by atoms with Gasteiger partial charge in [-0.05, 0) is 74.1 Å². The first-order valence-electron chi connectivity index (χ1n) is 9.65. The minimum absolute atomic E-state index is 0.0846. The molecule has 1 fully saturated rings. The van der Waals surface area contributed by atoms with E-state index < -0.39 is 0 Å². The Morgan fingerprint density at radius 2 is 2.12 bits per heavy atom. The third-order valence-electron chi connectivity index (χ3n) is 6.60. The molecule has 0 N–H and O–H groups in total. The average Bonchev–Trinajstić information content (AvgIpc) is 2.89. The van der Waals surface area contributed by atoms with Gasteiger partial charge in [0.25, 0.3) is 0 Å². The van der Waals surface area contributed by atoms with E-state index in [-0.39, 0.29) is 5.83 Å². The summed E-state index contributed by atoms with van der Waals surface area (Å²) < 4.78 is 16.0. The van der Waals surface area contributed by atoms with Crippen molar-refractivity contribution in [2.45, 2.75) is 38.3 Å². The first-order valence-corrected chi connectivity index (χ1v) is 10.0. The monoisotopic (exact) mass is 370 g/mol. The van der Waals surface area contributed by atoms with E-state index in [1.807, 2.05) is 6.07 Å². The molecule has 5 rings (SSSR count). The van der Waals surface area contributed by atoms with Crippen LogP contribution in [0.1, 0.15) is 36.6 Å². The third kappa shape index (κ3) is 2.56. The van der Waals surface area contributed by atoms with E-state index in [1.165, 1.54) is 35.0 Å². The molecular weight excluding hydrogens is 347 g/mol. The van der Waals surface area contributed by atoms with Crippen molar-refractivity contribution in [1.29, 1.82) is 0 Å². The number of allylic oxidation sites excluding steroid dienone is 4. The van der Waals surface area contributed by atoms with E-state index in [2.05, 4.69) is 34.7 Å². The van der Waals surface area contributed by atoms with Gasteiger partial charge in [0.2, 0.25) is 0 Å². The van der Waals surface area contributed by atoms with Gasteiger partial charge < -0.3 is 9.47 Å². The summed E-state index contributed by atoms with van der Waals surface area (Å²) in [7, 11) is 2.19. The number of aromatic nitrogens is 1. The number of likely N-dealkylation sites (N-methyl/N-ethyl adjacent to an activating group) is 1. The topological polar surface area (TPSA) is 8.17 Å². The summed E-state index contributed by atoms with van der Waals surface area (Å²) in [5.74, 6) is 0.976. The molecule has 2 heterocycles. The molecule has 1 aromatic carbocycles. The summed E-state index contributed by atoms with van der Waals surface area (Å²) in [6.45, 7) is 2.10. The zero-order valence-electron chi connectivity index (χ0n) is 15.1. The van der Waals surface area contributed by atoms with Crippen LogP contribution in [0.25, 0.3) is 10.9 Å². The summed E-state index contributed by atoms with van der Waals surface area (Å²) in [5, 5.41) is 2.13. The summed E-state index contributed by atoms with van der Waals surface area (Å²) in [6.07, 6.45) is 9.87. The molecule has 3 atom stereocenters. The molecule has 3 aliphatic rings. The second-order valence-electron chi connectivity index (χ2n) is 8.10. The average molecular weight is 371 g/mol. The highest BCUT2D eigenvalue weighted by Gasteiger charge is 2.39. The lowest BCUT2D eigenvalue weighted by Gasteiger charge is -2.44. The van der Waals surface area contributed by atoms with E-state index in [9.17, 15) is 4.39 Å². The Labute approximate surface area is 158 Å². The summed E-state index contributed by atoms with van der Waals surface area (Å²) in [6, 6.07) is 6.87. The number of rotatable bonds is 2. The van der Waals surface area contributed by atoms with Crippen molar-refractivity contribution in [3.63, 3.8) is 0 Å². The largest absolute Gasteiger partial charge is 0.341 e. The number of benzene rings is 1. The van der Waals surface area contributed by atoms with Gasteiger partial charge in [-0.1, -0.05) is 17.7 Å². The Balaban J connectivity index is 1.58. The lowest BCUT2D eigenvalue weighted by Crippen LogP contribution is -2.36. The smallest absolute Gasteiger partial charge is 0.118 e. The normalized spacial score (nSPS) is 28.7. The molecule has 0 radical (unpaired) electrons. The highest BCUT2D eigenvalue weighted by atomic mass is 35.5. The minimum Gasteiger partial charge on any atom is -0.341 e. The Hall–Kier alpha value is -1.58. The highest BCUT2D eigenvalue weighted by Crippen LogP contribution is 2.49. The van der Waals surface area contributed by atoms with Gasteiger partial charge in [-0.2, -0.15) is 0 Å². The fraction of sp³-hybridized carbons (Fsp3) is 0.455. The van der Waals surface area contributed by atoms with E-state index >= 15 is 0 Å². The summed E-state index contributed by atoms with van der Waals surface area (Å²) in [5.41, 5.74) is 4.27. The van der Waals surface area contributed by atoms with Crippen LogP contribution >= 0.6 is 11.6 Å². The van der Waals surface area contributed by atoms with Crippen LogP contribution in [0.3, 0.4) is 0 Å². The number of fused-ring (bicyclic) bond motifs is 3. The fourth-order valence-electron chi connectivity index (χ4n) is 5.14. The molecule has 1 saturated carbocycles. The number of hydrogen-bond donors (Lipinski definition) is 0. The van der Waals surface area contributed by atoms with E-state index in [0.29, 0.717) is 17.9 Å². The number of halogens is 2. The molecule has 0 bridgehead atoms. The van der Waals surface area contributed by atoms with Crippen LogP contribution < -0.4 is 0 Å². The molecule has 1 unspecified atom stereocenters. The second kappa shape index (κ2) is 6.24. The Morgan fingerprint density at radius 1 is 1.23 bits per heavy atom. The Morgan fingerprint density at radius 3 is 2.85 bits per heavy atom. The third-order valence-corrected chi connectivity index (χ3v) is 6.84. The van der Waals surface area contributed by atoms with Crippen LogP contribution in [0.2, 0.25) is 5.02 Å². The molecule has 1 aromatic heterocycles. The van der Waals surface area contributed by atoms with Gasteiger partial charge >= 0.3 is 0 Å². The molecule has 2 aromatic rings. The van der Waals surface area contributed by atoms with Crippen LogP contribution in [-0.2, 0) is 13.0 Å².